The van der Waals surface area contributed by atoms with Crippen molar-refractivity contribution in [2.75, 3.05) is 0 Å². The van der Waals surface area contributed by atoms with E-state index in [-0.39, 0.29) is 17.4 Å². The molecule has 0 aliphatic carbocycles. The highest BCUT2D eigenvalue weighted by atomic mass is 16.3. The first-order valence-corrected chi connectivity index (χ1v) is 11.1. The summed E-state index contributed by atoms with van der Waals surface area (Å²) in [6.07, 6.45) is 2.77. The van der Waals surface area contributed by atoms with Crippen LogP contribution in [-0.4, -0.2) is 20.4 Å². The van der Waals surface area contributed by atoms with Crippen molar-refractivity contribution in [1.82, 2.24) is 0 Å². The molecule has 0 atom stereocenters. The van der Waals surface area contributed by atoms with Crippen LogP contribution in [0.2, 0.25) is 0 Å². The fraction of sp³-hybridized carbons (Fsp3) is 0.333. The zero-order chi connectivity index (χ0) is 22.7. The molecule has 3 aromatic carbocycles. The van der Waals surface area contributed by atoms with Crippen molar-refractivity contribution in [2.45, 2.75) is 59.3 Å². The van der Waals surface area contributed by atoms with Crippen LogP contribution in [-0.2, 0) is 25.7 Å². The summed E-state index contributed by atoms with van der Waals surface area (Å²) in [5.74, 6) is 0.364. The predicted molar refractivity (Wildman–Crippen MR) is 124 cm³/mol. The quantitative estimate of drug-likeness (QED) is 0.357. The Bertz CT molecular complexity index is 973. The van der Waals surface area contributed by atoms with Crippen LogP contribution < -0.4 is 0 Å². The molecule has 0 spiro atoms. The topological polar surface area (TPSA) is 80.9 Å². The summed E-state index contributed by atoms with van der Waals surface area (Å²) in [6.45, 7) is 8.04. The van der Waals surface area contributed by atoms with Crippen molar-refractivity contribution in [1.29, 1.82) is 0 Å². The molecular formula is C27H32O4. The minimum absolute atomic E-state index is 0.00315. The summed E-state index contributed by atoms with van der Waals surface area (Å²) < 4.78 is 0. The van der Waals surface area contributed by atoms with Gasteiger partial charge in [-0.1, -0.05) is 58.0 Å². The molecule has 0 saturated carbocycles. The van der Waals surface area contributed by atoms with E-state index >= 15 is 0 Å². The molecule has 0 aliphatic rings. The predicted octanol–water partition coefficient (Wildman–Crippen LogP) is 5.94. The number of aryl methyl sites for hydroxylation is 4. The van der Waals surface area contributed by atoms with E-state index in [2.05, 4.69) is 0 Å². The molecule has 3 aromatic rings. The minimum Gasteiger partial charge on any atom is -0.508 e. The van der Waals surface area contributed by atoms with Gasteiger partial charge in [-0.05, 0) is 65.1 Å². The number of aromatic hydroxyl groups is 4. The van der Waals surface area contributed by atoms with Gasteiger partial charge in [0.15, 0.2) is 0 Å². The molecule has 0 aromatic heterocycles. The van der Waals surface area contributed by atoms with E-state index < -0.39 is 0 Å². The molecule has 0 heterocycles. The molecule has 0 amide bonds. The van der Waals surface area contributed by atoms with Crippen molar-refractivity contribution in [3.8, 4) is 23.0 Å². The lowest BCUT2D eigenvalue weighted by atomic mass is 9.81. The Morgan fingerprint density at radius 2 is 0.968 bits per heavy atom. The number of hydrogen-bond acceptors (Lipinski definition) is 4. The fourth-order valence-electron chi connectivity index (χ4n) is 4.31. The third-order valence-electron chi connectivity index (χ3n) is 6.10. The lowest BCUT2D eigenvalue weighted by Crippen LogP contribution is -2.07. The highest BCUT2D eigenvalue weighted by Gasteiger charge is 2.24. The third kappa shape index (κ3) is 4.34. The van der Waals surface area contributed by atoms with Crippen molar-refractivity contribution in [3.63, 3.8) is 0 Å². The van der Waals surface area contributed by atoms with Crippen molar-refractivity contribution in [2.24, 2.45) is 0 Å². The Kier molecular flexibility index (Phi) is 6.79. The van der Waals surface area contributed by atoms with Gasteiger partial charge in [0.1, 0.15) is 23.0 Å². The SMILES string of the molecule is CCc1cc(C(c2cc(CC)c(O)c(CC)c2)c2ccc(O)cc2O)cc(CC)c1O. The van der Waals surface area contributed by atoms with E-state index in [1.807, 2.05) is 52.0 Å². The zero-order valence-corrected chi connectivity index (χ0v) is 18.7. The average molecular weight is 421 g/mol. The molecule has 4 nitrogen and oxygen atoms in total. The number of phenolic OH excluding ortho intramolecular Hbond substituents is 4. The Morgan fingerprint density at radius 1 is 0.581 bits per heavy atom. The van der Waals surface area contributed by atoms with Crippen molar-refractivity contribution in [3.05, 3.63) is 81.4 Å². The van der Waals surface area contributed by atoms with Crippen LogP contribution >= 0.6 is 0 Å². The molecule has 4 heteroatoms. The van der Waals surface area contributed by atoms with Crippen molar-refractivity contribution >= 4 is 0 Å². The molecule has 0 bridgehead atoms. The zero-order valence-electron chi connectivity index (χ0n) is 18.7. The summed E-state index contributed by atoms with van der Waals surface area (Å²) in [7, 11) is 0. The Balaban J connectivity index is 2.35. The van der Waals surface area contributed by atoms with Gasteiger partial charge in [0, 0.05) is 17.5 Å². The molecule has 0 unspecified atom stereocenters. The van der Waals surface area contributed by atoms with Crippen LogP contribution in [0.1, 0.15) is 72.6 Å². The maximum absolute atomic E-state index is 10.7. The van der Waals surface area contributed by atoms with E-state index in [9.17, 15) is 20.4 Å². The minimum atomic E-state index is -0.312. The molecule has 0 saturated heterocycles. The van der Waals surface area contributed by atoms with Crippen LogP contribution in [0.3, 0.4) is 0 Å². The Hall–Kier alpha value is -3.14. The summed E-state index contributed by atoms with van der Waals surface area (Å²) in [4.78, 5) is 0. The second-order valence-corrected chi connectivity index (χ2v) is 7.97. The Morgan fingerprint density at radius 3 is 1.29 bits per heavy atom. The first-order valence-electron chi connectivity index (χ1n) is 11.1. The van der Waals surface area contributed by atoms with Crippen LogP contribution in [0.4, 0.5) is 0 Å². The van der Waals surface area contributed by atoms with Gasteiger partial charge in [0.05, 0.1) is 0 Å². The van der Waals surface area contributed by atoms with E-state index in [0.717, 1.165) is 33.4 Å². The van der Waals surface area contributed by atoms with Crippen LogP contribution in [0, 0.1) is 0 Å². The van der Waals surface area contributed by atoms with E-state index in [0.29, 0.717) is 42.7 Å². The first-order chi connectivity index (χ1) is 14.8. The summed E-state index contributed by atoms with van der Waals surface area (Å²) >= 11 is 0. The van der Waals surface area contributed by atoms with E-state index in [1.54, 1.807) is 12.1 Å². The highest BCUT2D eigenvalue weighted by molar-refractivity contribution is 5.57. The summed E-state index contributed by atoms with van der Waals surface area (Å²) in [5, 5.41) is 41.8. The lowest BCUT2D eigenvalue weighted by Gasteiger charge is -2.24. The van der Waals surface area contributed by atoms with Gasteiger partial charge in [0.2, 0.25) is 0 Å². The van der Waals surface area contributed by atoms with Gasteiger partial charge in [-0.3, -0.25) is 0 Å². The number of phenols is 4. The fourth-order valence-corrected chi connectivity index (χ4v) is 4.31. The van der Waals surface area contributed by atoms with Gasteiger partial charge in [-0.25, -0.2) is 0 Å². The third-order valence-corrected chi connectivity index (χ3v) is 6.10. The molecular weight excluding hydrogens is 388 g/mol. The van der Waals surface area contributed by atoms with Gasteiger partial charge in [0.25, 0.3) is 0 Å². The second kappa shape index (κ2) is 9.34. The molecule has 31 heavy (non-hydrogen) atoms. The Labute approximate surface area is 184 Å². The average Bonchev–Trinajstić information content (AvgIpc) is 2.76. The van der Waals surface area contributed by atoms with Crippen LogP contribution in [0.25, 0.3) is 0 Å². The normalized spacial score (nSPS) is 11.3. The number of rotatable bonds is 7. The molecule has 3 rings (SSSR count). The van der Waals surface area contributed by atoms with Gasteiger partial charge < -0.3 is 20.4 Å². The maximum atomic E-state index is 10.7. The van der Waals surface area contributed by atoms with Crippen LogP contribution in [0.15, 0.2) is 42.5 Å². The highest BCUT2D eigenvalue weighted by Crippen LogP contribution is 2.42. The second-order valence-electron chi connectivity index (χ2n) is 7.97. The molecule has 0 radical (unpaired) electrons. The smallest absolute Gasteiger partial charge is 0.123 e. The van der Waals surface area contributed by atoms with E-state index in [1.165, 1.54) is 6.07 Å². The maximum Gasteiger partial charge on any atom is 0.123 e. The lowest BCUT2D eigenvalue weighted by molar-refractivity contribution is 0.445. The molecule has 0 aliphatic heterocycles. The van der Waals surface area contributed by atoms with Gasteiger partial charge >= 0.3 is 0 Å². The van der Waals surface area contributed by atoms with Crippen LogP contribution in [0.5, 0.6) is 23.0 Å². The largest absolute Gasteiger partial charge is 0.508 e. The summed E-state index contributed by atoms with van der Waals surface area (Å²) in [5.41, 5.74) is 6.04. The summed E-state index contributed by atoms with van der Waals surface area (Å²) in [6, 6.07) is 12.7. The van der Waals surface area contributed by atoms with Gasteiger partial charge in [-0.15, -0.1) is 0 Å². The van der Waals surface area contributed by atoms with E-state index in [4.69, 9.17) is 0 Å². The van der Waals surface area contributed by atoms with Gasteiger partial charge in [-0.2, -0.15) is 0 Å². The molecule has 4 N–H and O–H groups in total. The number of benzene rings is 3. The first kappa shape index (κ1) is 22.5. The molecule has 164 valence electrons. The molecule has 0 fully saturated rings. The number of hydrogen-bond donors (Lipinski definition) is 4. The monoisotopic (exact) mass is 420 g/mol. The van der Waals surface area contributed by atoms with Crippen molar-refractivity contribution < 1.29 is 20.4 Å². The standard InChI is InChI=1S/C27H32O4/c1-5-16-11-20(12-17(6-2)26(16)30)25(23-10-9-22(28)15-24(23)29)21-13-18(7-3)27(31)19(8-4)14-21/h9-15,25,28-31H,5-8H2,1-4H3.